The fraction of sp³-hybridized carbons (Fsp3) is 0.440. The van der Waals surface area contributed by atoms with Gasteiger partial charge < -0.3 is 14.4 Å². The third-order valence-corrected chi connectivity index (χ3v) is 6.76. The molecule has 2 fully saturated rings. The van der Waals surface area contributed by atoms with Crippen molar-refractivity contribution in [3.05, 3.63) is 59.7 Å². The number of anilines is 1. The summed E-state index contributed by atoms with van der Waals surface area (Å²) < 4.78 is 22.9. The lowest BCUT2D eigenvalue weighted by Gasteiger charge is -2.32. The molecule has 0 unspecified atom stereocenters. The first-order valence-electron chi connectivity index (χ1n) is 11.9. The molecule has 0 saturated carbocycles. The summed E-state index contributed by atoms with van der Waals surface area (Å²) in [4.78, 5) is 19.9. The molecule has 0 radical (unpaired) electrons. The van der Waals surface area contributed by atoms with Gasteiger partial charge >= 0.3 is 0 Å². The number of aryl methyl sites for hydroxylation is 1. The van der Waals surface area contributed by atoms with Crippen LogP contribution in [-0.4, -0.2) is 52.3 Å². The summed E-state index contributed by atoms with van der Waals surface area (Å²) in [5.74, 6) is 2.76. The smallest absolute Gasteiger partial charge is 0.229 e. The van der Waals surface area contributed by atoms with Crippen molar-refractivity contribution in [1.29, 1.82) is 0 Å². The monoisotopic (exact) mass is 495 g/mol. The summed E-state index contributed by atoms with van der Waals surface area (Å²) in [6.45, 7) is 6.97. The highest BCUT2D eigenvalue weighted by molar-refractivity contribution is 7.89. The molecule has 2 aliphatic heterocycles. The average Bonchev–Trinajstić information content (AvgIpc) is 2.92. The fourth-order valence-electron chi connectivity index (χ4n) is 4.08. The van der Waals surface area contributed by atoms with E-state index in [-0.39, 0.29) is 12.0 Å². The standard InChI is InChI=1S/C25H29N5O4S/c1-3-18-12-26-25(27-13-18)30-10-8-22(9-11-30)34-24-17(2)23(28-16-29-24)33-21-6-4-19(5-7-21)20-14-31-35-32-15-20/h4-7,12-13,16,20,22H,3,8-11,14-15H2,1-2H3. The highest BCUT2D eigenvalue weighted by Gasteiger charge is 2.24. The lowest BCUT2D eigenvalue weighted by Crippen LogP contribution is -2.39. The van der Waals surface area contributed by atoms with Crippen LogP contribution in [0, 0.1) is 6.92 Å². The molecule has 0 atom stereocenters. The number of aromatic nitrogens is 4. The van der Waals surface area contributed by atoms with E-state index in [9.17, 15) is 0 Å². The Morgan fingerprint density at radius 1 is 0.971 bits per heavy atom. The molecular formula is C25H29N5O4S. The Morgan fingerprint density at radius 2 is 1.66 bits per heavy atom. The normalized spacial score (nSPS) is 17.4. The fourth-order valence-corrected chi connectivity index (χ4v) is 4.59. The van der Waals surface area contributed by atoms with Gasteiger partial charge in [-0.25, -0.2) is 19.9 Å². The van der Waals surface area contributed by atoms with Crippen LogP contribution in [-0.2, 0) is 14.8 Å². The van der Waals surface area contributed by atoms with Crippen LogP contribution < -0.4 is 14.4 Å². The second-order valence-corrected chi connectivity index (χ2v) is 9.27. The van der Waals surface area contributed by atoms with Crippen molar-refractivity contribution in [2.75, 3.05) is 31.2 Å². The molecule has 0 spiro atoms. The van der Waals surface area contributed by atoms with Gasteiger partial charge in [0.15, 0.2) is 12.3 Å². The summed E-state index contributed by atoms with van der Waals surface area (Å²) in [5.41, 5.74) is 3.08. The van der Waals surface area contributed by atoms with Crippen molar-refractivity contribution in [1.82, 2.24) is 19.9 Å². The van der Waals surface area contributed by atoms with E-state index in [4.69, 9.17) is 17.8 Å². The van der Waals surface area contributed by atoms with Crippen LogP contribution in [0.3, 0.4) is 0 Å². The van der Waals surface area contributed by atoms with Gasteiger partial charge in [-0.15, -0.1) is 0 Å². The number of rotatable bonds is 7. The van der Waals surface area contributed by atoms with E-state index in [1.165, 1.54) is 6.33 Å². The molecular weight excluding hydrogens is 466 g/mol. The second kappa shape index (κ2) is 11.2. The summed E-state index contributed by atoms with van der Waals surface area (Å²) >= 11 is 1.05. The van der Waals surface area contributed by atoms with Crippen molar-refractivity contribution < 1.29 is 17.8 Å². The van der Waals surface area contributed by atoms with Gasteiger partial charge in [0.25, 0.3) is 0 Å². The molecule has 2 saturated heterocycles. The summed E-state index contributed by atoms with van der Waals surface area (Å²) in [6, 6.07) is 7.93. The molecule has 0 N–H and O–H groups in total. The minimum atomic E-state index is 0.0694. The number of hydrogen-bond acceptors (Lipinski definition) is 10. The van der Waals surface area contributed by atoms with Crippen molar-refractivity contribution >= 4 is 18.3 Å². The van der Waals surface area contributed by atoms with E-state index >= 15 is 0 Å². The molecule has 2 aliphatic rings. The third-order valence-electron chi connectivity index (χ3n) is 6.30. The molecule has 0 amide bonds. The summed E-state index contributed by atoms with van der Waals surface area (Å²) in [5, 5.41) is 0. The van der Waals surface area contributed by atoms with Crippen LogP contribution in [0.1, 0.15) is 42.4 Å². The zero-order valence-corrected chi connectivity index (χ0v) is 20.7. The van der Waals surface area contributed by atoms with Crippen molar-refractivity contribution in [3.63, 3.8) is 0 Å². The van der Waals surface area contributed by atoms with Crippen LogP contribution in [0.5, 0.6) is 17.5 Å². The summed E-state index contributed by atoms with van der Waals surface area (Å²) in [6.07, 6.45) is 8.04. The van der Waals surface area contributed by atoms with Gasteiger partial charge in [0.2, 0.25) is 17.7 Å². The molecule has 1 aromatic carbocycles. The largest absolute Gasteiger partial charge is 0.474 e. The zero-order chi connectivity index (χ0) is 24.0. The quantitative estimate of drug-likeness (QED) is 0.431. The van der Waals surface area contributed by atoms with Crippen LogP contribution in [0.25, 0.3) is 0 Å². The van der Waals surface area contributed by atoms with Crippen molar-refractivity contribution in [2.45, 2.75) is 45.1 Å². The van der Waals surface area contributed by atoms with E-state index in [1.807, 2.05) is 43.6 Å². The Morgan fingerprint density at radius 3 is 2.34 bits per heavy atom. The van der Waals surface area contributed by atoms with E-state index in [0.29, 0.717) is 30.7 Å². The Balaban J connectivity index is 1.18. The number of hydrogen-bond donors (Lipinski definition) is 0. The topological polar surface area (TPSA) is 91.7 Å². The highest BCUT2D eigenvalue weighted by atomic mass is 32.2. The predicted molar refractivity (Wildman–Crippen MR) is 133 cm³/mol. The van der Waals surface area contributed by atoms with Gasteiger partial charge in [0.05, 0.1) is 18.8 Å². The lowest BCUT2D eigenvalue weighted by molar-refractivity contribution is 0.161. The molecule has 0 bridgehead atoms. The van der Waals surface area contributed by atoms with Crippen LogP contribution >= 0.6 is 12.3 Å². The van der Waals surface area contributed by atoms with Crippen LogP contribution in [0.4, 0.5) is 5.95 Å². The van der Waals surface area contributed by atoms with Crippen molar-refractivity contribution in [2.24, 2.45) is 0 Å². The first kappa shape index (κ1) is 23.8. The maximum Gasteiger partial charge on any atom is 0.229 e. The van der Waals surface area contributed by atoms with E-state index < -0.39 is 0 Å². The third kappa shape index (κ3) is 5.83. The molecule has 0 aliphatic carbocycles. The molecule has 4 heterocycles. The Kier molecular flexibility index (Phi) is 7.60. The Hall–Kier alpha value is -2.95. The van der Waals surface area contributed by atoms with Gasteiger partial charge in [-0.05, 0) is 36.6 Å². The number of ether oxygens (including phenoxy) is 2. The molecule has 5 rings (SSSR count). The van der Waals surface area contributed by atoms with Crippen LogP contribution in [0.2, 0.25) is 0 Å². The molecule has 35 heavy (non-hydrogen) atoms. The maximum absolute atomic E-state index is 6.26. The predicted octanol–water partition coefficient (Wildman–Crippen LogP) is 4.67. The van der Waals surface area contributed by atoms with Gasteiger partial charge in [0, 0.05) is 44.2 Å². The molecule has 2 aromatic heterocycles. The molecule has 10 heteroatoms. The SMILES string of the molecule is CCc1cnc(N2CCC(Oc3ncnc(Oc4ccc(C5COSOC5)cc4)c3C)CC2)nc1. The molecule has 3 aromatic rings. The Bertz CT molecular complexity index is 1100. The number of benzene rings is 1. The highest BCUT2D eigenvalue weighted by Crippen LogP contribution is 2.31. The van der Waals surface area contributed by atoms with E-state index in [0.717, 1.165) is 67.3 Å². The minimum Gasteiger partial charge on any atom is -0.474 e. The minimum absolute atomic E-state index is 0.0694. The van der Waals surface area contributed by atoms with Gasteiger partial charge in [-0.2, -0.15) is 0 Å². The van der Waals surface area contributed by atoms with E-state index in [1.54, 1.807) is 0 Å². The maximum atomic E-state index is 6.26. The second-order valence-electron chi connectivity index (χ2n) is 8.66. The Labute approximate surface area is 209 Å². The first-order valence-corrected chi connectivity index (χ1v) is 12.6. The lowest BCUT2D eigenvalue weighted by atomic mass is 10.0. The number of nitrogens with zero attached hydrogens (tertiary/aromatic N) is 5. The van der Waals surface area contributed by atoms with Gasteiger partial charge in [-0.3, -0.25) is 8.37 Å². The van der Waals surface area contributed by atoms with Gasteiger partial charge in [-0.1, -0.05) is 19.1 Å². The van der Waals surface area contributed by atoms with Gasteiger partial charge in [0.1, 0.15) is 18.2 Å². The van der Waals surface area contributed by atoms with Crippen molar-refractivity contribution in [3.8, 4) is 17.5 Å². The molecule has 9 nitrogen and oxygen atoms in total. The zero-order valence-electron chi connectivity index (χ0n) is 19.9. The number of piperidine rings is 1. The van der Waals surface area contributed by atoms with Crippen LogP contribution in [0.15, 0.2) is 43.0 Å². The summed E-state index contributed by atoms with van der Waals surface area (Å²) in [7, 11) is 0. The first-order chi connectivity index (χ1) is 17.2. The average molecular weight is 496 g/mol. The molecule has 184 valence electrons. The van der Waals surface area contributed by atoms with E-state index in [2.05, 4.69) is 31.8 Å².